The first-order valence-corrected chi connectivity index (χ1v) is 10.5. The van der Waals surface area contributed by atoms with Gasteiger partial charge in [-0.25, -0.2) is 4.79 Å². The van der Waals surface area contributed by atoms with Crippen LogP contribution < -0.4 is 0 Å². The van der Waals surface area contributed by atoms with Crippen LogP contribution >= 0.6 is 0 Å². The van der Waals surface area contributed by atoms with E-state index in [0.717, 1.165) is 49.8 Å². The second-order valence-corrected chi connectivity index (χ2v) is 8.08. The van der Waals surface area contributed by atoms with Gasteiger partial charge in [0.2, 0.25) is 0 Å². The number of ether oxygens (including phenoxy) is 1. The summed E-state index contributed by atoms with van der Waals surface area (Å²) in [5.74, 6) is 0.989. The van der Waals surface area contributed by atoms with Crippen molar-refractivity contribution >= 4 is 5.97 Å². The fourth-order valence-electron chi connectivity index (χ4n) is 3.50. The maximum Gasteiger partial charge on any atom is 0.343 e. The number of carbonyl (C=O) groups is 1. The van der Waals surface area contributed by atoms with E-state index in [0.29, 0.717) is 5.76 Å². The lowest BCUT2D eigenvalue weighted by molar-refractivity contribution is -0.133. The van der Waals surface area contributed by atoms with Gasteiger partial charge in [0.25, 0.3) is 0 Å². The SMILES string of the molecule is CC1=C(O)/C(=C/[C@H](C)CCC/C(C)=C/CCc2coc(Cc3ccoc3)c2)OC1=O. The summed E-state index contributed by atoms with van der Waals surface area (Å²) in [6.45, 7) is 5.81. The average Bonchev–Trinajstić information content (AvgIpc) is 3.43. The molecular formula is C25H30O5. The molecule has 3 rings (SSSR count). The molecule has 5 heteroatoms. The average molecular weight is 411 g/mol. The molecule has 0 saturated carbocycles. The van der Waals surface area contributed by atoms with Crippen LogP contribution in [0.15, 0.2) is 74.6 Å². The molecule has 0 spiro atoms. The predicted molar refractivity (Wildman–Crippen MR) is 115 cm³/mol. The lowest BCUT2D eigenvalue weighted by Crippen LogP contribution is -1.97. The number of allylic oxidation sites excluding steroid dienone is 3. The lowest BCUT2D eigenvalue weighted by Gasteiger charge is -2.08. The Labute approximate surface area is 177 Å². The minimum absolute atomic E-state index is 0.0323. The van der Waals surface area contributed by atoms with Crippen molar-refractivity contribution in [3.8, 4) is 0 Å². The van der Waals surface area contributed by atoms with E-state index in [-0.39, 0.29) is 17.3 Å². The van der Waals surface area contributed by atoms with Crippen LogP contribution in [0.2, 0.25) is 0 Å². The van der Waals surface area contributed by atoms with Crippen molar-refractivity contribution in [2.24, 2.45) is 5.92 Å². The van der Waals surface area contributed by atoms with Crippen molar-refractivity contribution in [2.45, 2.75) is 59.3 Å². The molecule has 1 aliphatic rings. The van der Waals surface area contributed by atoms with Crippen LogP contribution in [0.1, 0.15) is 63.3 Å². The summed E-state index contributed by atoms with van der Waals surface area (Å²) < 4.78 is 15.8. The Bertz CT molecular complexity index is 940. The monoisotopic (exact) mass is 410 g/mol. The van der Waals surface area contributed by atoms with E-state index in [2.05, 4.69) is 26.0 Å². The molecule has 0 unspecified atom stereocenters. The minimum Gasteiger partial charge on any atom is -0.504 e. The standard InChI is InChI=1S/C25H30O5/c1-17(6-4-8-18(2)12-23-24(26)19(3)25(27)30-23)7-5-9-20-13-22(29-16-20)14-21-10-11-28-15-21/h7,10-13,15-16,18,26H,4-6,8-9,14H2,1-3H3/b17-7+,23-12-/t18-/m1/s1. The van der Waals surface area contributed by atoms with Crippen molar-refractivity contribution in [3.05, 3.63) is 82.6 Å². The maximum absolute atomic E-state index is 11.5. The lowest BCUT2D eigenvalue weighted by atomic mass is 9.99. The number of rotatable bonds is 10. The van der Waals surface area contributed by atoms with E-state index in [1.54, 1.807) is 19.5 Å². The van der Waals surface area contributed by atoms with Crippen molar-refractivity contribution in [1.29, 1.82) is 0 Å². The van der Waals surface area contributed by atoms with Gasteiger partial charge in [0, 0.05) is 6.42 Å². The van der Waals surface area contributed by atoms with Crippen molar-refractivity contribution in [2.75, 3.05) is 0 Å². The predicted octanol–water partition coefficient (Wildman–Crippen LogP) is 6.42. The second-order valence-electron chi connectivity index (χ2n) is 8.08. The van der Waals surface area contributed by atoms with E-state index in [9.17, 15) is 9.90 Å². The number of aliphatic hydroxyl groups is 1. The Kier molecular flexibility index (Phi) is 7.39. The van der Waals surface area contributed by atoms with Gasteiger partial charge in [0.1, 0.15) is 5.76 Å². The van der Waals surface area contributed by atoms with E-state index in [4.69, 9.17) is 13.6 Å². The highest BCUT2D eigenvalue weighted by atomic mass is 16.6. The summed E-state index contributed by atoms with van der Waals surface area (Å²) in [7, 11) is 0. The molecular weight excluding hydrogens is 380 g/mol. The molecule has 0 aliphatic carbocycles. The molecule has 3 heterocycles. The Balaban J connectivity index is 1.37. The first kappa shape index (κ1) is 21.8. The fourth-order valence-corrected chi connectivity index (χ4v) is 3.50. The van der Waals surface area contributed by atoms with Crippen LogP contribution in [0.25, 0.3) is 0 Å². The molecule has 2 aromatic heterocycles. The molecule has 5 nitrogen and oxygen atoms in total. The first-order valence-electron chi connectivity index (χ1n) is 10.5. The number of hydrogen-bond donors (Lipinski definition) is 1. The molecule has 160 valence electrons. The normalized spacial score (nSPS) is 17.1. The number of aryl methyl sites for hydroxylation is 1. The van der Waals surface area contributed by atoms with Gasteiger partial charge in [-0.3, -0.25) is 0 Å². The molecule has 0 saturated heterocycles. The number of furan rings is 2. The van der Waals surface area contributed by atoms with Crippen molar-refractivity contribution in [1.82, 2.24) is 0 Å². The third-order valence-electron chi connectivity index (χ3n) is 5.36. The molecule has 1 aliphatic heterocycles. The third-order valence-corrected chi connectivity index (χ3v) is 5.36. The zero-order valence-corrected chi connectivity index (χ0v) is 17.9. The van der Waals surface area contributed by atoms with Gasteiger partial charge in [-0.1, -0.05) is 18.6 Å². The molecule has 0 bridgehead atoms. The number of cyclic esters (lactones) is 1. The molecule has 1 atom stereocenters. The Hall–Kier alpha value is -2.95. The summed E-state index contributed by atoms with van der Waals surface area (Å²) >= 11 is 0. The van der Waals surface area contributed by atoms with Gasteiger partial charge in [-0.15, -0.1) is 0 Å². The van der Waals surface area contributed by atoms with Crippen LogP contribution in [0.4, 0.5) is 0 Å². The van der Waals surface area contributed by atoms with Crippen LogP contribution in [0.3, 0.4) is 0 Å². The molecule has 30 heavy (non-hydrogen) atoms. The molecule has 1 N–H and O–H groups in total. The second kappa shape index (κ2) is 10.2. The number of carbonyl (C=O) groups excluding carboxylic acids is 1. The van der Waals surface area contributed by atoms with Gasteiger partial charge in [0.05, 0.1) is 24.4 Å². The third kappa shape index (κ3) is 6.02. The zero-order valence-electron chi connectivity index (χ0n) is 17.9. The maximum atomic E-state index is 11.5. The van der Waals surface area contributed by atoms with Gasteiger partial charge in [-0.05, 0) is 81.2 Å². The Morgan fingerprint density at radius 2 is 2.10 bits per heavy atom. The van der Waals surface area contributed by atoms with Crippen molar-refractivity contribution in [3.63, 3.8) is 0 Å². The largest absolute Gasteiger partial charge is 0.504 e. The quantitative estimate of drug-likeness (QED) is 0.361. The van der Waals surface area contributed by atoms with Crippen LogP contribution in [0, 0.1) is 5.92 Å². The molecule has 0 radical (unpaired) electrons. The minimum atomic E-state index is -0.462. The van der Waals surface area contributed by atoms with Crippen LogP contribution in [-0.4, -0.2) is 11.1 Å². The summed E-state index contributed by atoms with van der Waals surface area (Å²) in [6, 6.07) is 4.07. The van der Waals surface area contributed by atoms with E-state index >= 15 is 0 Å². The van der Waals surface area contributed by atoms with Crippen molar-refractivity contribution < 1.29 is 23.5 Å². The number of aliphatic hydroxyl groups excluding tert-OH is 1. The molecule has 2 aromatic rings. The van der Waals surface area contributed by atoms with E-state index < -0.39 is 5.97 Å². The van der Waals surface area contributed by atoms with Crippen LogP contribution in [-0.2, 0) is 22.4 Å². The summed E-state index contributed by atoms with van der Waals surface area (Å²) in [5, 5.41) is 9.89. The smallest absolute Gasteiger partial charge is 0.343 e. The highest BCUT2D eigenvalue weighted by Crippen LogP contribution is 2.26. The van der Waals surface area contributed by atoms with E-state index in [1.165, 1.54) is 11.1 Å². The topological polar surface area (TPSA) is 72.8 Å². The number of esters is 1. The van der Waals surface area contributed by atoms with Gasteiger partial charge < -0.3 is 18.7 Å². The zero-order chi connectivity index (χ0) is 21.5. The number of hydrogen-bond acceptors (Lipinski definition) is 5. The molecule has 0 fully saturated rings. The highest BCUT2D eigenvalue weighted by Gasteiger charge is 2.26. The van der Waals surface area contributed by atoms with Gasteiger partial charge in [-0.2, -0.15) is 0 Å². The van der Waals surface area contributed by atoms with Crippen LogP contribution in [0.5, 0.6) is 0 Å². The summed E-state index contributed by atoms with van der Waals surface area (Å²) in [6.07, 6.45) is 15.2. The summed E-state index contributed by atoms with van der Waals surface area (Å²) in [4.78, 5) is 11.5. The van der Waals surface area contributed by atoms with E-state index in [1.807, 2.05) is 18.4 Å². The highest BCUT2D eigenvalue weighted by molar-refractivity contribution is 5.93. The Morgan fingerprint density at radius 3 is 2.80 bits per heavy atom. The Morgan fingerprint density at radius 1 is 1.27 bits per heavy atom. The molecule has 0 amide bonds. The molecule has 0 aromatic carbocycles. The van der Waals surface area contributed by atoms with Gasteiger partial charge >= 0.3 is 5.97 Å². The fraction of sp³-hybridized carbons (Fsp3) is 0.400. The first-order chi connectivity index (χ1) is 14.4. The summed E-state index contributed by atoms with van der Waals surface area (Å²) in [5.41, 5.74) is 3.98. The van der Waals surface area contributed by atoms with Gasteiger partial charge in [0.15, 0.2) is 11.5 Å².